The normalized spacial score (nSPS) is 16.2. The van der Waals surface area contributed by atoms with Crippen LogP contribution in [0.5, 0.6) is 5.75 Å². The van der Waals surface area contributed by atoms with Crippen LogP contribution in [0.25, 0.3) is 11.0 Å². The molecule has 40 heavy (non-hydrogen) atoms. The van der Waals surface area contributed by atoms with Crippen molar-refractivity contribution >= 4 is 40.9 Å². The number of aryl methyl sites for hydroxylation is 3. The number of anilines is 1. The number of fused-ring (bicyclic) bond motifs is 1. The Morgan fingerprint density at radius 2 is 1.90 bits per heavy atom. The first-order valence-corrected chi connectivity index (χ1v) is 12.9. The number of benzene rings is 1. The lowest BCUT2D eigenvalue weighted by Crippen LogP contribution is -2.40. The number of methoxy groups -OCH3 is 2. The van der Waals surface area contributed by atoms with E-state index in [-0.39, 0.29) is 36.0 Å². The minimum atomic E-state index is -0.644. The summed E-state index contributed by atoms with van der Waals surface area (Å²) in [6.07, 6.45) is 0.421. The van der Waals surface area contributed by atoms with E-state index < -0.39 is 17.9 Å². The van der Waals surface area contributed by atoms with Gasteiger partial charge in [-0.15, -0.1) is 0 Å². The van der Waals surface area contributed by atoms with Crippen molar-refractivity contribution in [3.05, 3.63) is 35.2 Å². The van der Waals surface area contributed by atoms with Crippen molar-refractivity contribution in [3.63, 3.8) is 0 Å². The Morgan fingerprint density at radius 1 is 1.15 bits per heavy atom. The van der Waals surface area contributed by atoms with Crippen LogP contribution in [0.4, 0.5) is 10.7 Å². The van der Waals surface area contributed by atoms with Crippen LogP contribution in [0, 0.1) is 12.8 Å². The summed E-state index contributed by atoms with van der Waals surface area (Å²) in [5.41, 5.74) is 7.72. The van der Waals surface area contributed by atoms with Gasteiger partial charge in [0.25, 0.3) is 5.91 Å². The number of carbonyl (C=O) groups excluding carboxylic acids is 4. The molecular formula is C26H33N7O7. The average Bonchev–Trinajstić information content (AvgIpc) is 3.46. The second-order valence-electron chi connectivity index (χ2n) is 9.44. The van der Waals surface area contributed by atoms with Crippen molar-refractivity contribution in [2.24, 2.45) is 11.7 Å². The fourth-order valence-electron chi connectivity index (χ4n) is 4.62. The first-order valence-electron chi connectivity index (χ1n) is 12.9. The molecule has 0 spiro atoms. The molecule has 2 aromatic heterocycles. The van der Waals surface area contributed by atoms with Gasteiger partial charge in [0, 0.05) is 25.2 Å². The number of alkyl carbamates (subject to hydrolysis) is 1. The molecule has 14 nitrogen and oxygen atoms in total. The zero-order valence-corrected chi connectivity index (χ0v) is 22.9. The Hall–Kier alpha value is -4.62. The van der Waals surface area contributed by atoms with Gasteiger partial charge >= 0.3 is 12.1 Å². The van der Waals surface area contributed by atoms with Gasteiger partial charge in [0.1, 0.15) is 23.1 Å². The SMILES string of the molecule is CCn1nc(C)cc1C(=O)Nc1nc2cc(C(N)=O)cc(OC)c2n1CCCNC(=O)OC1CC(C(=O)OC)C1. The van der Waals surface area contributed by atoms with Crippen molar-refractivity contribution in [2.75, 3.05) is 26.1 Å². The van der Waals surface area contributed by atoms with Gasteiger partial charge in [-0.05, 0) is 51.3 Å². The summed E-state index contributed by atoms with van der Waals surface area (Å²) in [6.45, 7) is 4.79. The molecule has 2 heterocycles. The Morgan fingerprint density at radius 3 is 2.55 bits per heavy atom. The second kappa shape index (κ2) is 12.1. The van der Waals surface area contributed by atoms with E-state index in [2.05, 4.69) is 20.7 Å². The molecule has 3 aromatic rings. The highest BCUT2D eigenvalue weighted by molar-refractivity contribution is 6.04. The fraction of sp³-hybridized carbons (Fsp3) is 0.462. The Labute approximate surface area is 230 Å². The van der Waals surface area contributed by atoms with E-state index in [0.29, 0.717) is 60.5 Å². The van der Waals surface area contributed by atoms with Gasteiger partial charge in [0.2, 0.25) is 11.9 Å². The van der Waals surface area contributed by atoms with Gasteiger partial charge in [0.15, 0.2) is 0 Å². The minimum Gasteiger partial charge on any atom is -0.494 e. The van der Waals surface area contributed by atoms with Crippen molar-refractivity contribution in [3.8, 4) is 5.75 Å². The number of nitrogens with zero attached hydrogens (tertiary/aromatic N) is 4. The van der Waals surface area contributed by atoms with Crippen LogP contribution in [0.1, 0.15) is 52.7 Å². The number of aromatic nitrogens is 4. The van der Waals surface area contributed by atoms with Crippen LogP contribution >= 0.6 is 0 Å². The standard InChI is InChI=1S/C26H33N7O7/c1-5-33-19(9-14(2)31-33)23(35)30-25-29-18-12-15(22(27)34)13-20(38-3)21(18)32(25)8-6-7-28-26(37)40-17-10-16(11-17)24(36)39-4/h9,12-13,16-17H,5-8,10-11H2,1-4H3,(H2,27,34)(H,28,37)(H,29,30,35). The van der Waals surface area contributed by atoms with Crippen LogP contribution in [-0.2, 0) is 27.4 Å². The predicted octanol–water partition coefficient (Wildman–Crippen LogP) is 1.99. The number of hydrogen-bond donors (Lipinski definition) is 3. The van der Waals surface area contributed by atoms with Crippen LogP contribution in [0.2, 0.25) is 0 Å². The molecule has 4 N–H and O–H groups in total. The summed E-state index contributed by atoms with van der Waals surface area (Å²) in [5.74, 6) is -1.01. The number of esters is 1. The molecule has 14 heteroatoms. The fourth-order valence-corrected chi connectivity index (χ4v) is 4.62. The lowest BCUT2D eigenvalue weighted by Gasteiger charge is -2.32. The number of amides is 3. The summed E-state index contributed by atoms with van der Waals surface area (Å²) in [5, 5.41) is 9.87. The molecule has 1 aliphatic carbocycles. The van der Waals surface area contributed by atoms with Crippen LogP contribution < -0.4 is 21.1 Å². The number of carbonyl (C=O) groups is 4. The van der Waals surface area contributed by atoms with Gasteiger partial charge in [-0.1, -0.05) is 0 Å². The summed E-state index contributed by atoms with van der Waals surface area (Å²) in [4.78, 5) is 53.3. The largest absolute Gasteiger partial charge is 0.494 e. The Balaban J connectivity index is 1.49. The van der Waals surface area contributed by atoms with E-state index in [4.69, 9.17) is 19.9 Å². The maximum Gasteiger partial charge on any atom is 0.407 e. The maximum atomic E-state index is 13.2. The van der Waals surface area contributed by atoms with Gasteiger partial charge in [0.05, 0.1) is 31.3 Å². The highest BCUT2D eigenvalue weighted by Gasteiger charge is 2.37. The van der Waals surface area contributed by atoms with E-state index in [9.17, 15) is 19.2 Å². The molecule has 0 radical (unpaired) electrons. The molecule has 0 saturated heterocycles. The molecular weight excluding hydrogens is 522 g/mol. The number of nitrogens with one attached hydrogen (secondary N) is 2. The zero-order valence-electron chi connectivity index (χ0n) is 22.9. The predicted molar refractivity (Wildman–Crippen MR) is 143 cm³/mol. The molecule has 1 saturated carbocycles. The van der Waals surface area contributed by atoms with Gasteiger partial charge in [-0.2, -0.15) is 5.10 Å². The lowest BCUT2D eigenvalue weighted by molar-refractivity contribution is -0.152. The van der Waals surface area contributed by atoms with Crippen molar-refractivity contribution in [2.45, 2.75) is 52.3 Å². The van der Waals surface area contributed by atoms with E-state index in [0.717, 1.165) is 0 Å². The van der Waals surface area contributed by atoms with Crippen LogP contribution in [0.15, 0.2) is 18.2 Å². The van der Waals surface area contributed by atoms with Gasteiger partial charge in [-0.3, -0.25) is 24.4 Å². The molecule has 4 rings (SSSR count). The monoisotopic (exact) mass is 555 g/mol. The highest BCUT2D eigenvalue weighted by Crippen LogP contribution is 2.32. The summed E-state index contributed by atoms with van der Waals surface area (Å²) in [6, 6.07) is 4.73. The molecule has 1 aromatic carbocycles. The third kappa shape index (κ3) is 6.00. The average molecular weight is 556 g/mol. The summed E-state index contributed by atoms with van der Waals surface area (Å²) < 4.78 is 18.9. The molecule has 214 valence electrons. The highest BCUT2D eigenvalue weighted by atomic mass is 16.6. The van der Waals surface area contributed by atoms with Crippen molar-refractivity contribution in [1.29, 1.82) is 0 Å². The maximum absolute atomic E-state index is 13.2. The number of rotatable bonds is 11. The molecule has 3 amide bonds. The smallest absolute Gasteiger partial charge is 0.407 e. The quantitative estimate of drug-likeness (QED) is 0.235. The number of imidazole rings is 1. The van der Waals surface area contributed by atoms with E-state index in [1.165, 1.54) is 26.4 Å². The second-order valence-corrected chi connectivity index (χ2v) is 9.44. The molecule has 1 fully saturated rings. The molecule has 0 bridgehead atoms. The molecule has 0 atom stereocenters. The molecule has 0 aliphatic heterocycles. The van der Waals surface area contributed by atoms with Gasteiger partial charge < -0.3 is 29.8 Å². The summed E-state index contributed by atoms with van der Waals surface area (Å²) >= 11 is 0. The lowest BCUT2D eigenvalue weighted by atomic mass is 9.82. The Bertz CT molecular complexity index is 1440. The molecule has 0 unspecified atom stereocenters. The van der Waals surface area contributed by atoms with E-state index in [1.54, 1.807) is 22.2 Å². The zero-order chi connectivity index (χ0) is 29.0. The topological polar surface area (TPSA) is 182 Å². The van der Waals surface area contributed by atoms with Crippen molar-refractivity contribution in [1.82, 2.24) is 24.6 Å². The third-order valence-corrected chi connectivity index (χ3v) is 6.70. The first-order chi connectivity index (χ1) is 19.1. The van der Waals surface area contributed by atoms with Crippen molar-refractivity contribution < 1.29 is 33.4 Å². The minimum absolute atomic E-state index is 0.210. The first kappa shape index (κ1) is 28.4. The number of ether oxygens (including phenoxy) is 3. The third-order valence-electron chi connectivity index (χ3n) is 6.70. The molecule has 1 aliphatic rings. The number of hydrogen-bond acceptors (Lipinski definition) is 9. The van der Waals surface area contributed by atoms with Gasteiger partial charge in [-0.25, -0.2) is 9.78 Å². The summed E-state index contributed by atoms with van der Waals surface area (Å²) in [7, 11) is 2.79. The van der Waals surface area contributed by atoms with E-state index in [1.807, 2.05) is 6.92 Å². The van der Waals surface area contributed by atoms with Crippen LogP contribution in [0.3, 0.4) is 0 Å². The number of primary amides is 1. The Kier molecular flexibility index (Phi) is 8.55. The van der Waals surface area contributed by atoms with Crippen LogP contribution in [-0.4, -0.2) is 70.1 Å². The number of nitrogens with two attached hydrogens (primary N) is 1. The van der Waals surface area contributed by atoms with E-state index >= 15 is 0 Å².